The first-order valence-electron chi connectivity index (χ1n) is 7.46. The Hall–Kier alpha value is -1.10. The molecule has 1 aliphatic heterocycles. The topological polar surface area (TPSA) is 64.3 Å². The van der Waals surface area contributed by atoms with Crippen molar-refractivity contribution >= 4 is 18.3 Å². The molecule has 1 amide bonds. The van der Waals surface area contributed by atoms with Crippen molar-refractivity contribution in [3.8, 4) is 0 Å². The largest absolute Gasteiger partial charge is 0.373 e. The minimum atomic E-state index is -0.113. The van der Waals surface area contributed by atoms with Crippen molar-refractivity contribution in [1.29, 1.82) is 0 Å². The highest BCUT2D eigenvalue weighted by Crippen LogP contribution is 2.33. The molecule has 1 aliphatic carbocycles. The molecule has 1 fully saturated rings. The molecule has 2 aliphatic rings. The van der Waals surface area contributed by atoms with Crippen LogP contribution >= 0.6 is 12.4 Å². The molecular formula is C16H23ClN2O2. The fraction of sp³-hybridized carbons (Fsp3) is 0.562. The third-order valence-electron chi connectivity index (χ3n) is 4.25. The number of carbonyl (C=O) groups is 1. The van der Waals surface area contributed by atoms with Gasteiger partial charge in [-0.05, 0) is 36.3 Å². The second-order valence-electron chi connectivity index (χ2n) is 5.76. The van der Waals surface area contributed by atoms with E-state index in [2.05, 4.69) is 17.4 Å². The lowest BCUT2D eigenvalue weighted by atomic mass is 9.95. The molecule has 116 valence electrons. The molecule has 4 nitrogen and oxygen atoms in total. The van der Waals surface area contributed by atoms with Gasteiger partial charge in [0.25, 0.3) is 0 Å². The van der Waals surface area contributed by atoms with E-state index in [9.17, 15) is 4.79 Å². The molecule has 0 saturated heterocycles. The van der Waals surface area contributed by atoms with Gasteiger partial charge in [-0.25, -0.2) is 0 Å². The number of carbonyl (C=O) groups excluding carboxylic acids is 1. The maximum absolute atomic E-state index is 12.2. The molecule has 5 heteroatoms. The molecule has 0 spiro atoms. The van der Waals surface area contributed by atoms with Crippen molar-refractivity contribution in [3.05, 3.63) is 35.4 Å². The quantitative estimate of drug-likeness (QED) is 0.874. The fourth-order valence-corrected chi connectivity index (χ4v) is 2.95. The highest BCUT2D eigenvalue weighted by atomic mass is 35.5. The van der Waals surface area contributed by atoms with Crippen LogP contribution in [0.25, 0.3) is 0 Å². The smallest absolute Gasteiger partial charge is 0.223 e. The molecule has 2 atom stereocenters. The molecule has 0 aromatic heterocycles. The van der Waals surface area contributed by atoms with Gasteiger partial charge in [-0.3, -0.25) is 4.79 Å². The minimum Gasteiger partial charge on any atom is -0.373 e. The maximum Gasteiger partial charge on any atom is 0.223 e. The molecule has 21 heavy (non-hydrogen) atoms. The van der Waals surface area contributed by atoms with Crippen LogP contribution in [-0.4, -0.2) is 25.1 Å². The monoisotopic (exact) mass is 310 g/mol. The van der Waals surface area contributed by atoms with E-state index in [4.69, 9.17) is 10.5 Å². The van der Waals surface area contributed by atoms with Crippen LogP contribution in [0.5, 0.6) is 0 Å². The zero-order valence-corrected chi connectivity index (χ0v) is 12.9. The van der Waals surface area contributed by atoms with Gasteiger partial charge in [-0.1, -0.05) is 24.3 Å². The van der Waals surface area contributed by atoms with E-state index in [1.165, 1.54) is 18.4 Å². The molecule has 3 rings (SSSR count). The van der Waals surface area contributed by atoms with Crippen LogP contribution < -0.4 is 11.1 Å². The Morgan fingerprint density at radius 2 is 2.14 bits per heavy atom. The van der Waals surface area contributed by atoms with E-state index in [0.29, 0.717) is 25.5 Å². The molecule has 3 N–H and O–H groups in total. The molecule has 1 aromatic carbocycles. The van der Waals surface area contributed by atoms with Crippen molar-refractivity contribution in [2.45, 2.75) is 37.8 Å². The predicted octanol–water partition coefficient (Wildman–Crippen LogP) is 1.97. The Morgan fingerprint density at radius 3 is 2.86 bits per heavy atom. The number of amides is 1. The average molecular weight is 311 g/mol. The first-order chi connectivity index (χ1) is 9.78. The molecular weight excluding hydrogens is 288 g/mol. The Balaban J connectivity index is 0.00000161. The van der Waals surface area contributed by atoms with Crippen LogP contribution in [0.4, 0.5) is 0 Å². The Kier molecular flexibility index (Phi) is 5.62. The van der Waals surface area contributed by atoms with Gasteiger partial charge in [0, 0.05) is 12.6 Å². The number of halogens is 1. The Morgan fingerprint density at radius 1 is 1.38 bits per heavy atom. The van der Waals surface area contributed by atoms with E-state index in [1.54, 1.807) is 0 Å². The van der Waals surface area contributed by atoms with Crippen LogP contribution in [0.1, 0.15) is 36.5 Å². The number of fused-ring (bicyclic) bond motifs is 1. The lowest BCUT2D eigenvalue weighted by molar-refractivity contribution is -0.125. The van der Waals surface area contributed by atoms with Gasteiger partial charge in [0.2, 0.25) is 5.91 Å². The van der Waals surface area contributed by atoms with Crippen molar-refractivity contribution in [2.75, 3.05) is 13.2 Å². The lowest BCUT2D eigenvalue weighted by Crippen LogP contribution is -2.42. The number of nitrogens with one attached hydrogen (secondary N) is 1. The normalized spacial score (nSPS) is 21.9. The van der Waals surface area contributed by atoms with Crippen molar-refractivity contribution in [3.63, 3.8) is 0 Å². The van der Waals surface area contributed by atoms with Gasteiger partial charge in [0.1, 0.15) is 0 Å². The first kappa shape index (κ1) is 16.3. The SMILES string of the molecule is Cl.NCC(NC(=O)CC1OCCc2ccccc21)C1CC1. The van der Waals surface area contributed by atoms with Gasteiger partial charge in [-0.15, -0.1) is 12.4 Å². The van der Waals surface area contributed by atoms with Gasteiger partial charge in [0.15, 0.2) is 0 Å². The van der Waals surface area contributed by atoms with E-state index >= 15 is 0 Å². The van der Waals surface area contributed by atoms with E-state index < -0.39 is 0 Å². The average Bonchev–Trinajstić information content (AvgIpc) is 3.30. The summed E-state index contributed by atoms with van der Waals surface area (Å²) in [6.45, 7) is 1.22. The van der Waals surface area contributed by atoms with Crippen LogP contribution in [0.15, 0.2) is 24.3 Å². The zero-order valence-electron chi connectivity index (χ0n) is 12.1. The summed E-state index contributed by atoms with van der Waals surface area (Å²) in [5.74, 6) is 0.637. The molecule has 0 radical (unpaired) electrons. The van der Waals surface area contributed by atoms with Gasteiger partial charge >= 0.3 is 0 Å². The Bertz CT molecular complexity index is 491. The number of rotatable bonds is 5. The van der Waals surface area contributed by atoms with Crippen molar-refractivity contribution in [1.82, 2.24) is 5.32 Å². The molecule has 2 unspecified atom stereocenters. The summed E-state index contributed by atoms with van der Waals surface area (Å²) in [5.41, 5.74) is 8.18. The third kappa shape index (κ3) is 3.96. The van der Waals surface area contributed by atoms with E-state index in [-0.39, 0.29) is 30.5 Å². The van der Waals surface area contributed by atoms with Crippen LogP contribution in [0.2, 0.25) is 0 Å². The van der Waals surface area contributed by atoms with E-state index in [0.717, 1.165) is 12.0 Å². The predicted molar refractivity (Wildman–Crippen MR) is 84.4 cm³/mol. The summed E-state index contributed by atoms with van der Waals surface area (Å²) < 4.78 is 5.77. The summed E-state index contributed by atoms with van der Waals surface area (Å²) >= 11 is 0. The number of benzene rings is 1. The molecule has 1 heterocycles. The molecule has 0 bridgehead atoms. The number of hydrogen-bond donors (Lipinski definition) is 2. The van der Waals surface area contributed by atoms with Gasteiger partial charge in [-0.2, -0.15) is 0 Å². The second-order valence-corrected chi connectivity index (χ2v) is 5.76. The van der Waals surface area contributed by atoms with Crippen LogP contribution in [0, 0.1) is 5.92 Å². The third-order valence-corrected chi connectivity index (χ3v) is 4.25. The highest BCUT2D eigenvalue weighted by Gasteiger charge is 2.32. The number of ether oxygens (including phenoxy) is 1. The second kappa shape index (κ2) is 7.25. The van der Waals surface area contributed by atoms with Crippen LogP contribution in [-0.2, 0) is 16.0 Å². The zero-order chi connectivity index (χ0) is 13.9. The fourth-order valence-electron chi connectivity index (χ4n) is 2.95. The van der Waals surface area contributed by atoms with Gasteiger partial charge in [0.05, 0.1) is 19.1 Å². The standard InChI is InChI=1S/C16H22N2O2.ClH/c17-10-14(12-5-6-12)18-16(19)9-15-13-4-2-1-3-11(13)7-8-20-15;/h1-4,12,14-15H,5-10,17H2,(H,18,19);1H. The summed E-state index contributed by atoms with van der Waals surface area (Å²) in [6.07, 6.45) is 3.58. The van der Waals surface area contributed by atoms with Gasteiger partial charge < -0.3 is 15.8 Å². The Labute approximate surface area is 131 Å². The van der Waals surface area contributed by atoms with E-state index in [1.807, 2.05) is 12.1 Å². The molecule has 1 aromatic rings. The lowest BCUT2D eigenvalue weighted by Gasteiger charge is -2.26. The first-order valence-corrected chi connectivity index (χ1v) is 7.46. The van der Waals surface area contributed by atoms with Crippen LogP contribution in [0.3, 0.4) is 0 Å². The summed E-state index contributed by atoms with van der Waals surface area (Å²) in [4.78, 5) is 12.2. The maximum atomic E-state index is 12.2. The molecule has 1 saturated carbocycles. The number of hydrogen-bond acceptors (Lipinski definition) is 3. The van der Waals surface area contributed by atoms with Crippen molar-refractivity contribution in [2.24, 2.45) is 11.7 Å². The summed E-state index contributed by atoms with van der Waals surface area (Å²) in [7, 11) is 0. The van der Waals surface area contributed by atoms with Crippen molar-refractivity contribution < 1.29 is 9.53 Å². The number of nitrogens with two attached hydrogens (primary N) is 1. The summed E-state index contributed by atoms with van der Waals surface area (Å²) in [5, 5.41) is 3.06. The minimum absolute atomic E-state index is 0. The summed E-state index contributed by atoms with van der Waals surface area (Å²) in [6, 6.07) is 8.37. The highest BCUT2D eigenvalue weighted by molar-refractivity contribution is 5.85.